The maximum absolute atomic E-state index is 11.6. The molecule has 0 N–H and O–H groups in total. The average Bonchev–Trinajstić information content (AvgIpc) is 2.05. The summed E-state index contributed by atoms with van der Waals surface area (Å²) in [4.78, 5) is 11.6. The van der Waals surface area contributed by atoms with Gasteiger partial charge in [-0.2, -0.15) is 0 Å². The van der Waals surface area contributed by atoms with Crippen LogP contribution in [0.4, 0.5) is 0 Å². The summed E-state index contributed by atoms with van der Waals surface area (Å²) in [6.45, 7) is 7.63. The third kappa shape index (κ3) is 4.15. The number of esters is 1. The van der Waals surface area contributed by atoms with E-state index in [2.05, 4.69) is 0 Å². The molecule has 0 bridgehead atoms. The van der Waals surface area contributed by atoms with Crippen molar-refractivity contribution >= 4 is 5.97 Å². The third-order valence-electron chi connectivity index (χ3n) is 2.02. The number of hydrogen-bond donors (Lipinski definition) is 0. The Morgan fingerprint density at radius 1 is 1.27 bits per heavy atom. The average molecular weight is 206 g/mol. The fourth-order valence-electron chi connectivity index (χ4n) is 1.34. The van der Waals surface area contributed by atoms with E-state index in [9.17, 15) is 4.79 Å². The summed E-state index contributed by atoms with van der Waals surface area (Å²) in [6.07, 6.45) is 0.351. The lowest BCUT2D eigenvalue weighted by Gasteiger charge is -2.19. The molecule has 0 unspecified atom stereocenters. The van der Waals surface area contributed by atoms with Crippen molar-refractivity contribution in [1.82, 2.24) is 0 Å². The minimum Gasteiger partial charge on any atom is -0.460 e. The van der Waals surface area contributed by atoms with Crippen LogP contribution in [0.15, 0.2) is 24.3 Å². The second-order valence-corrected chi connectivity index (χ2v) is 4.69. The molecule has 0 atom stereocenters. The van der Waals surface area contributed by atoms with Gasteiger partial charge in [0, 0.05) is 0 Å². The Morgan fingerprint density at radius 3 is 2.40 bits per heavy atom. The quantitative estimate of drug-likeness (QED) is 0.695. The Hall–Kier alpha value is -1.31. The van der Waals surface area contributed by atoms with Gasteiger partial charge in [0.05, 0.1) is 6.42 Å². The van der Waals surface area contributed by atoms with Crippen molar-refractivity contribution in [3.63, 3.8) is 0 Å². The first kappa shape index (κ1) is 11.8. The predicted molar refractivity (Wildman–Crippen MR) is 60.7 cm³/mol. The van der Waals surface area contributed by atoms with E-state index in [4.69, 9.17) is 4.74 Å². The zero-order valence-corrected chi connectivity index (χ0v) is 9.83. The van der Waals surface area contributed by atoms with Gasteiger partial charge in [-0.1, -0.05) is 24.3 Å². The normalized spacial score (nSPS) is 11.2. The zero-order chi connectivity index (χ0) is 11.5. The van der Waals surface area contributed by atoms with Crippen LogP contribution >= 0.6 is 0 Å². The molecule has 0 fully saturated rings. The van der Waals surface area contributed by atoms with E-state index in [-0.39, 0.29) is 5.97 Å². The SMILES string of the molecule is Cc1ccccc1CC(=O)OC(C)(C)C. The molecule has 0 saturated carbocycles. The van der Waals surface area contributed by atoms with Crippen molar-refractivity contribution in [1.29, 1.82) is 0 Å². The van der Waals surface area contributed by atoms with Crippen LogP contribution in [-0.2, 0) is 16.0 Å². The molecule has 0 heterocycles. The van der Waals surface area contributed by atoms with Gasteiger partial charge in [-0.05, 0) is 38.8 Å². The molecule has 1 aromatic carbocycles. The molecule has 0 aliphatic carbocycles. The van der Waals surface area contributed by atoms with Crippen molar-refractivity contribution in [2.75, 3.05) is 0 Å². The van der Waals surface area contributed by atoms with Crippen molar-refractivity contribution in [2.45, 2.75) is 39.7 Å². The number of benzene rings is 1. The topological polar surface area (TPSA) is 26.3 Å². The van der Waals surface area contributed by atoms with Crippen LogP contribution in [0.5, 0.6) is 0 Å². The number of carbonyl (C=O) groups is 1. The molecule has 1 aromatic rings. The molecule has 2 heteroatoms. The molecule has 82 valence electrons. The molecule has 0 aliphatic heterocycles. The molecule has 0 saturated heterocycles. The van der Waals surface area contributed by atoms with E-state index in [1.54, 1.807) is 0 Å². The lowest BCUT2D eigenvalue weighted by atomic mass is 10.1. The lowest BCUT2D eigenvalue weighted by molar-refractivity contribution is -0.153. The highest BCUT2D eigenvalue weighted by atomic mass is 16.6. The minimum absolute atomic E-state index is 0.170. The van der Waals surface area contributed by atoms with Gasteiger partial charge in [-0.25, -0.2) is 0 Å². The number of aryl methyl sites for hydroxylation is 1. The number of hydrogen-bond acceptors (Lipinski definition) is 2. The second kappa shape index (κ2) is 4.47. The Labute approximate surface area is 91.3 Å². The first-order valence-electron chi connectivity index (χ1n) is 5.15. The van der Waals surface area contributed by atoms with Gasteiger partial charge in [0.2, 0.25) is 0 Å². The summed E-state index contributed by atoms with van der Waals surface area (Å²) in [6, 6.07) is 7.86. The molecule has 2 nitrogen and oxygen atoms in total. The van der Waals surface area contributed by atoms with Crippen LogP contribution in [0, 0.1) is 6.92 Å². The highest BCUT2D eigenvalue weighted by Gasteiger charge is 2.16. The number of carbonyl (C=O) groups excluding carboxylic acids is 1. The highest BCUT2D eigenvalue weighted by molar-refractivity contribution is 5.73. The molecule has 0 spiro atoms. The Kier molecular flexibility index (Phi) is 3.51. The molecule has 0 amide bonds. The summed E-state index contributed by atoms with van der Waals surface area (Å²) < 4.78 is 5.26. The smallest absolute Gasteiger partial charge is 0.310 e. The van der Waals surface area contributed by atoms with Gasteiger partial charge in [-0.3, -0.25) is 4.79 Å². The van der Waals surface area contributed by atoms with E-state index in [0.717, 1.165) is 11.1 Å². The maximum atomic E-state index is 11.6. The summed E-state index contributed by atoms with van der Waals surface area (Å²) in [5.41, 5.74) is 1.76. The first-order chi connectivity index (χ1) is 6.88. The molecule has 0 aromatic heterocycles. The van der Waals surface area contributed by atoms with Gasteiger partial charge in [-0.15, -0.1) is 0 Å². The van der Waals surface area contributed by atoms with Crippen LogP contribution in [0.2, 0.25) is 0 Å². The fraction of sp³-hybridized carbons (Fsp3) is 0.462. The van der Waals surface area contributed by atoms with Crippen molar-refractivity contribution in [3.8, 4) is 0 Å². The van der Waals surface area contributed by atoms with Gasteiger partial charge in [0.15, 0.2) is 0 Å². The molecule has 0 aliphatic rings. The Balaban J connectivity index is 2.64. The highest BCUT2D eigenvalue weighted by Crippen LogP contribution is 2.12. The van der Waals surface area contributed by atoms with E-state index in [1.165, 1.54) is 0 Å². The van der Waals surface area contributed by atoms with Gasteiger partial charge >= 0.3 is 5.97 Å². The van der Waals surface area contributed by atoms with E-state index >= 15 is 0 Å². The van der Waals surface area contributed by atoms with Gasteiger partial charge in [0.25, 0.3) is 0 Å². The summed E-state index contributed by atoms with van der Waals surface area (Å²) in [7, 11) is 0. The first-order valence-corrected chi connectivity index (χ1v) is 5.15. The predicted octanol–water partition coefficient (Wildman–Crippen LogP) is 2.88. The van der Waals surface area contributed by atoms with Crippen LogP contribution in [0.1, 0.15) is 31.9 Å². The van der Waals surface area contributed by atoms with Crippen LogP contribution in [0.25, 0.3) is 0 Å². The van der Waals surface area contributed by atoms with Gasteiger partial charge in [0.1, 0.15) is 5.60 Å². The Bertz CT molecular complexity index is 348. The van der Waals surface area contributed by atoms with Crippen molar-refractivity contribution in [3.05, 3.63) is 35.4 Å². The number of rotatable bonds is 2. The van der Waals surface area contributed by atoms with E-state index < -0.39 is 5.60 Å². The molecule has 1 rings (SSSR count). The van der Waals surface area contributed by atoms with Crippen LogP contribution in [-0.4, -0.2) is 11.6 Å². The molecular weight excluding hydrogens is 188 g/mol. The zero-order valence-electron chi connectivity index (χ0n) is 9.83. The van der Waals surface area contributed by atoms with Crippen molar-refractivity contribution < 1.29 is 9.53 Å². The van der Waals surface area contributed by atoms with Crippen LogP contribution < -0.4 is 0 Å². The lowest BCUT2D eigenvalue weighted by Crippen LogP contribution is -2.25. The maximum Gasteiger partial charge on any atom is 0.310 e. The standard InChI is InChI=1S/C13H18O2/c1-10-7-5-6-8-11(10)9-12(14)15-13(2,3)4/h5-8H,9H2,1-4H3. The molecule has 0 radical (unpaired) electrons. The third-order valence-corrected chi connectivity index (χ3v) is 2.02. The summed E-state index contributed by atoms with van der Waals surface area (Å²) >= 11 is 0. The largest absolute Gasteiger partial charge is 0.460 e. The van der Waals surface area contributed by atoms with Gasteiger partial charge < -0.3 is 4.74 Å². The van der Waals surface area contributed by atoms with E-state index in [1.807, 2.05) is 52.0 Å². The fourth-order valence-corrected chi connectivity index (χ4v) is 1.34. The number of ether oxygens (including phenoxy) is 1. The summed E-state index contributed by atoms with van der Waals surface area (Å²) in [5, 5.41) is 0. The molecule has 15 heavy (non-hydrogen) atoms. The Morgan fingerprint density at radius 2 is 1.87 bits per heavy atom. The second-order valence-electron chi connectivity index (χ2n) is 4.69. The van der Waals surface area contributed by atoms with E-state index in [0.29, 0.717) is 6.42 Å². The monoisotopic (exact) mass is 206 g/mol. The molecular formula is C13H18O2. The van der Waals surface area contributed by atoms with Crippen LogP contribution in [0.3, 0.4) is 0 Å². The minimum atomic E-state index is -0.403. The van der Waals surface area contributed by atoms with Crippen molar-refractivity contribution in [2.24, 2.45) is 0 Å². The summed E-state index contributed by atoms with van der Waals surface area (Å²) in [5.74, 6) is -0.170.